The minimum Gasteiger partial charge on any atom is -0.463 e. The molecule has 96 valence electrons. The fourth-order valence-corrected chi connectivity index (χ4v) is 1.93. The van der Waals surface area contributed by atoms with E-state index in [1.165, 1.54) is 25.3 Å². The molecule has 18 heavy (non-hydrogen) atoms. The Labute approximate surface area is 108 Å². The van der Waals surface area contributed by atoms with Crippen molar-refractivity contribution in [2.24, 2.45) is 5.92 Å². The molecule has 1 aromatic carbocycles. The van der Waals surface area contributed by atoms with Gasteiger partial charge in [0.05, 0.1) is 6.61 Å². The van der Waals surface area contributed by atoms with E-state index >= 15 is 0 Å². The molecule has 0 atom stereocenters. The Morgan fingerprint density at radius 2 is 2.06 bits per heavy atom. The third-order valence-corrected chi connectivity index (χ3v) is 3.34. The van der Waals surface area contributed by atoms with Gasteiger partial charge < -0.3 is 10.5 Å². The zero-order valence-corrected chi connectivity index (χ0v) is 10.5. The predicted molar refractivity (Wildman–Crippen MR) is 72.8 cm³/mol. The van der Waals surface area contributed by atoms with Gasteiger partial charge in [-0.05, 0) is 36.1 Å². The summed E-state index contributed by atoms with van der Waals surface area (Å²) >= 11 is 0. The van der Waals surface area contributed by atoms with Crippen LogP contribution < -0.4 is 5.73 Å². The molecule has 1 saturated carbocycles. The maximum Gasteiger partial charge on any atom is 0.330 e. The van der Waals surface area contributed by atoms with E-state index in [0.29, 0.717) is 6.61 Å². The highest BCUT2D eigenvalue weighted by Gasteiger charge is 2.17. The Morgan fingerprint density at radius 3 is 2.67 bits per heavy atom. The quantitative estimate of drug-likeness (QED) is 0.493. The second-order valence-electron chi connectivity index (χ2n) is 4.75. The molecule has 0 aliphatic heterocycles. The molecule has 1 fully saturated rings. The van der Waals surface area contributed by atoms with Crippen molar-refractivity contribution in [3.8, 4) is 0 Å². The lowest BCUT2D eigenvalue weighted by molar-refractivity contribution is -0.138. The van der Waals surface area contributed by atoms with Gasteiger partial charge in [0.2, 0.25) is 0 Å². The first-order valence-corrected chi connectivity index (χ1v) is 6.44. The fourth-order valence-electron chi connectivity index (χ4n) is 1.93. The van der Waals surface area contributed by atoms with Gasteiger partial charge in [0.1, 0.15) is 0 Å². The van der Waals surface area contributed by atoms with Crippen molar-refractivity contribution >= 4 is 17.7 Å². The lowest BCUT2D eigenvalue weighted by atomic mass is 9.83. The lowest BCUT2D eigenvalue weighted by Gasteiger charge is -2.24. The molecule has 1 aromatic rings. The first-order valence-electron chi connectivity index (χ1n) is 6.44. The second kappa shape index (κ2) is 6.24. The number of esters is 1. The Balaban J connectivity index is 1.70. The van der Waals surface area contributed by atoms with Crippen LogP contribution in [0.1, 0.15) is 31.2 Å². The summed E-state index contributed by atoms with van der Waals surface area (Å²) in [4.78, 5) is 11.4. The molecular weight excluding hydrogens is 226 g/mol. The van der Waals surface area contributed by atoms with Crippen LogP contribution in [0.15, 0.2) is 30.3 Å². The molecule has 3 heteroatoms. The summed E-state index contributed by atoms with van der Waals surface area (Å²) in [6.07, 6.45) is 8.12. The van der Waals surface area contributed by atoms with Crippen molar-refractivity contribution < 1.29 is 9.53 Å². The average Bonchev–Trinajstić information content (AvgIpc) is 2.32. The van der Waals surface area contributed by atoms with E-state index in [0.717, 1.165) is 23.6 Å². The van der Waals surface area contributed by atoms with Crippen LogP contribution in [0.3, 0.4) is 0 Å². The third-order valence-electron chi connectivity index (χ3n) is 3.34. The van der Waals surface area contributed by atoms with Gasteiger partial charge in [-0.2, -0.15) is 0 Å². The number of rotatable bonds is 5. The van der Waals surface area contributed by atoms with Crippen LogP contribution in [0.2, 0.25) is 0 Å². The number of anilines is 1. The Kier molecular flexibility index (Phi) is 4.40. The van der Waals surface area contributed by atoms with Crippen molar-refractivity contribution in [2.75, 3.05) is 12.3 Å². The summed E-state index contributed by atoms with van der Waals surface area (Å²) < 4.78 is 5.14. The SMILES string of the molecule is Nc1ccc(/C=C/C(=O)OCCC2CCC2)cc1. The maximum atomic E-state index is 11.4. The molecule has 0 heterocycles. The largest absolute Gasteiger partial charge is 0.463 e. The van der Waals surface area contributed by atoms with Crippen LogP contribution in [0.5, 0.6) is 0 Å². The number of nitrogens with two attached hydrogens (primary N) is 1. The molecule has 0 amide bonds. The first-order chi connectivity index (χ1) is 8.74. The number of carbonyl (C=O) groups excluding carboxylic acids is 1. The molecule has 1 aliphatic rings. The van der Waals surface area contributed by atoms with Crippen LogP contribution in [-0.2, 0) is 9.53 Å². The molecule has 0 radical (unpaired) electrons. The van der Waals surface area contributed by atoms with Crippen molar-refractivity contribution in [1.29, 1.82) is 0 Å². The van der Waals surface area contributed by atoms with E-state index in [-0.39, 0.29) is 5.97 Å². The van der Waals surface area contributed by atoms with Crippen molar-refractivity contribution in [2.45, 2.75) is 25.7 Å². The molecule has 2 N–H and O–H groups in total. The summed E-state index contributed by atoms with van der Waals surface area (Å²) in [6, 6.07) is 7.35. The highest BCUT2D eigenvalue weighted by Crippen LogP contribution is 2.29. The van der Waals surface area contributed by atoms with E-state index in [1.54, 1.807) is 6.08 Å². The van der Waals surface area contributed by atoms with E-state index in [9.17, 15) is 4.79 Å². The van der Waals surface area contributed by atoms with E-state index in [1.807, 2.05) is 24.3 Å². The molecule has 0 spiro atoms. The van der Waals surface area contributed by atoms with Gasteiger partial charge in [-0.25, -0.2) is 4.79 Å². The monoisotopic (exact) mass is 245 g/mol. The normalized spacial score (nSPS) is 15.6. The van der Waals surface area contributed by atoms with Crippen LogP contribution in [0.25, 0.3) is 6.08 Å². The maximum absolute atomic E-state index is 11.4. The third kappa shape index (κ3) is 3.91. The van der Waals surface area contributed by atoms with Crippen molar-refractivity contribution in [1.82, 2.24) is 0 Å². The van der Waals surface area contributed by atoms with E-state index in [4.69, 9.17) is 10.5 Å². The summed E-state index contributed by atoms with van der Waals surface area (Å²) in [5, 5.41) is 0. The zero-order valence-electron chi connectivity index (χ0n) is 10.5. The van der Waals surface area contributed by atoms with Gasteiger partial charge in [0.25, 0.3) is 0 Å². The van der Waals surface area contributed by atoms with E-state index in [2.05, 4.69) is 0 Å². The Morgan fingerprint density at radius 1 is 1.33 bits per heavy atom. The smallest absolute Gasteiger partial charge is 0.330 e. The fraction of sp³-hybridized carbons (Fsp3) is 0.400. The van der Waals surface area contributed by atoms with Crippen LogP contribution in [0.4, 0.5) is 5.69 Å². The average molecular weight is 245 g/mol. The van der Waals surface area contributed by atoms with Crippen LogP contribution in [-0.4, -0.2) is 12.6 Å². The van der Waals surface area contributed by atoms with Crippen LogP contribution in [0, 0.1) is 5.92 Å². The first kappa shape index (κ1) is 12.7. The minimum absolute atomic E-state index is 0.272. The second-order valence-corrected chi connectivity index (χ2v) is 4.75. The predicted octanol–water partition coefficient (Wildman–Crippen LogP) is 3.02. The van der Waals surface area contributed by atoms with Crippen LogP contribution >= 0.6 is 0 Å². The highest BCUT2D eigenvalue weighted by molar-refractivity contribution is 5.87. The topological polar surface area (TPSA) is 52.3 Å². The van der Waals surface area contributed by atoms with Gasteiger partial charge >= 0.3 is 5.97 Å². The number of ether oxygens (including phenoxy) is 1. The summed E-state index contributed by atoms with van der Waals surface area (Å²) in [6.45, 7) is 0.537. The van der Waals surface area contributed by atoms with Gasteiger partial charge in [0.15, 0.2) is 0 Å². The van der Waals surface area contributed by atoms with Gasteiger partial charge in [-0.1, -0.05) is 31.4 Å². The number of carbonyl (C=O) groups is 1. The molecular formula is C15H19NO2. The Bertz CT molecular complexity index is 419. The zero-order chi connectivity index (χ0) is 12.8. The molecule has 0 bridgehead atoms. The number of benzene rings is 1. The Hall–Kier alpha value is -1.77. The molecule has 3 nitrogen and oxygen atoms in total. The van der Waals surface area contributed by atoms with Crippen molar-refractivity contribution in [3.63, 3.8) is 0 Å². The summed E-state index contributed by atoms with van der Waals surface area (Å²) in [5.74, 6) is 0.505. The van der Waals surface area contributed by atoms with Gasteiger partial charge in [-0.15, -0.1) is 0 Å². The number of nitrogen functional groups attached to an aromatic ring is 1. The molecule has 0 unspecified atom stereocenters. The number of hydrogen-bond acceptors (Lipinski definition) is 3. The minimum atomic E-state index is -0.272. The van der Waals surface area contributed by atoms with Gasteiger partial charge in [-0.3, -0.25) is 0 Å². The highest BCUT2D eigenvalue weighted by atomic mass is 16.5. The summed E-state index contributed by atoms with van der Waals surface area (Å²) in [7, 11) is 0. The van der Waals surface area contributed by atoms with Crippen molar-refractivity contribution in [3.05, 3.63) is 35.9 Å². The summed E-state index contributed by atoms with van der Waals surface area (Å²) in [5.41, 5.74) is 7.24. The number of hydrogen-bond donors (Lipinski definition) is 1. The molecule has 1 aliphatic carbocycles. The molecule has 2 rings (SSSR count). The lowest BCUT2D eigenvalue weighted by Crippen LogP contribution is -2.14. The van der Waals surface area contributed by atoms with Gasteiger partial charge in [0, 0.05) is 11.8 Å². The molecule has 0 aromatic heterocycles. The molecule has 0 saturated heterocycles. The standard InChI is InChI=1S/C15H19NO2/c16-14-7-4-13(5-8-14)6-9-15(17)18-11-10-12-2-1-3-12/h4-9,12H,1-3,10-11,16H2/b9-6+. The van der Waals surface area contributed by atoms with E-state index < -0.39 is 0 Å².